The van der Waals surface area contributed by atoms with E-state index >= 15 is 0 Å². The van der Waals surface area contributed by atoms with Crippen molar-refractivity contribution >= 4 is 24.6 Å². The third-order valence-electron chi connectivity index (χ3n) is 4.97. The molecule has 0 radical (unpaired) electrons. The molecule has 1 aliphatic rings. The Balaban J connectivity index is 1.73. The average molecular weight is 461 g/mol. The SMILES string of the molecule is CCO[C@@H]1[C@H](OC(=O)c2ccccc2)[C@H](S)O[C@H](COC(=O)c2ccccc2)[C@H]1OCC. The molecule has 1 aliphatic heterocycles. The highest BCUT2D eigenvalue weighted by Gasteiger charge is 2.48. The van der Waals surface area contributed by atoms with Crippen LogP contribution >= 0.6 is 12.6 Å². The molecule has 0 aliphatic carbocycles. The maximum atomic E-state index is 12.6. The molecule has 3 rings (SSSR count). The molecule has 0 N–H and O–H groups in total. The zero-order valence-electron chi connectivity index (χ0n) is 18.1. The fourth-order valence-corrected chi connectivity index (χ4v) is 3.90. The van der Waals surface area contributed by atoms with E-state index < -0.39 is 41.8 Å². The summed E-state index contributed by atoms with van der Waals surface area (Å²) in [5.41, 5.74) is 0.0567. The van der Waals surface area contributed by atoms with E-state index in [1.54, 1.807) is 48.5 Å². The van der Waals surface area contributed by atoms with Crippen molar-refractivity contribution in [2.45, 2.75) is 43.7 Å². The molecule has 32 heavy (non-hydrogen) atoms. The van der Waals surface area contributed by atoms with E-state index in [1.807, 2.05) is 26.0 Å². The fraction of sp³-hybridized carbons (Fsp3) is 0.417. The van der Waals surface area contributed by atoms with Crippen molar-refractivity contribution in [3.05, 3.63) is 71.8 Å². The molecule has 1 fully saturated rings. The summed E-state index contributed by atoms with van der Waals surface area (Å²) in [6.07, 6.45) is -2.73. The number of benzene rings is 2. The van der Waals surface area contributed by atoms with Gasteiger partial charge < -0.3 is 23.7 Å². The first-order chi connectivity index (χ1) is 15.5. The van der Waals surface area contributed by atoms with E-state index in [0.717, 1.165) is 0 Å². The molecular formula is C24H28O7S. The quantitative estimate of drug-likeness (QED) is 0.453. The molecule has 0 aromatic heterocycles. The summed E-state index contributed by atoms with van der Waals surface area (Å²) in [6.45, 7) is 4.36. The summed E-state index contributed by atoms with van der Waals surface area (Å²) in [5, 5.41) is 0. The first kappa shape index (κ1) is 24.3. The molecule has 1 heterocycles. The number of esters is 2. The Hall–Kier alpha value is -2.39. The Morgan fingerprint density at radius 2 is 1.34 bits per heavy atom. The first-order valence-electron chi connectivity index (χ1n) is 10.6. The van der Waals surface area contributed by atoms with E-state index in [2.05, 4.69) is 12.6 Å². The van der Waals surface area contributed by atoms with Gasteiger partial charge in [0.25, 0.3) is 0 Å². The lowest BCUT2D eigenvalue weighted by molar-refractivity contribution is -0.231. The van der Waals surface area contributed by atoms with Gasteiger partial charge in [0.1, 0.15) is 30.4 Å². The van der Waals surface area contributed by atoms with Gasteiger partial charge in [-0.15, -0.1) is 12.6 Å². The van der Waals surface area contributed by atoms with Gasteiger partial charge in [-0.1, -0.05) is 36.4 Å². The molecule has 0 spiro atoms. The third-order valence-corrected chi connectivity index (χ3v) is 5.38. The Bertz CT molecular complexity index is 861. The summed E-state index contributed by atoms with van der Waals surface area (Å²) >= 11 is 4.50. The summed E-state index contributed by atoms with van der Waals surface area (Å²) in [6, 6.07) is 17.4. The highest BCUT2D eigenvalue weighted by molar-refractivity contribution is 7.80. The summed E-state index contributed by atoms with van der Waals surface area (Å²) in [5.74, 6) is -0.974. The molecule has 0 unspecified atom stereocenters. The molecule has 0 saturated carbocycles. The predicted octanol–water partition coefficient (Wildman–Crippen LogP) is 3.53. The van der Waals surface area contributed by atoms with Gasteiger partial charge >= 0.3 is 11.9 Å². The van der Waals surface area contributed by atoms with E-state index in [0.29, 0.717) is 24.3 Å². The molecule has 7 nitrogen and oxygen atoms in total. The first-order valence-corrected chi connectivity index (χ1v) is 11.1. The smallest absolute Gasteiger partial charge is 0.338 e. The highest BCUT2D eigenvalue weighted by Crippen LogP contribution is 2.31. The van der Waals surface area contributed by atoms with Gasteiger partial charge in [0.2, 0.25) is 0 Å². The molecule has 172 valence electrons. The number of rotatable bonds is 9. The lowest BCUT2D eigenvalue weighted by Crippen LogP contribution is -2.60. The molecule has 1 saturated heterocycles. The maximum Gasteiger partial charge on any atom is 0.338 e. The summed E-state index contributed by atoms with van der Waals surface area (Å²) in [7, 11) is 0. The normalized spacial score (nSPS) is 25.2. The lowest BCUT2D eigenvalue weighted by atomic mass is 9.99. The lowest BCUT2D eigenvalue weighted by Gasteiger charge is -2.44. The van der Waals surface area contributed by atoms with Crippen molar-refractivity contribution in [3.63, 3.8) is 0 Å². The predicted molar refractivity (Wildman–Crippen MR) is 121 cm³/mol. The van der Waals surface area contributed by atoms with Crippen molar-refractivity contribution < 1.29 is 33.3 Å². The minimum absolute atomic E-state index is 0.0572. The minimum Gasteiger partial charge on any atom is -0.459 e. The van der Waals surface area contributed by atoms with E-state index in [1.165, 1.54) is 0 Å². The number of hydrogen-bond donors (Lipinski definition) is 1. The standard InChI is InChI=1S/C24H28O7S/c1-3-27-19-18(15-29-22(25)16-11-7-5-8-12-16)30-24(32)21(20(19)28-4-2)31-23(26)17-13-9-6-10-14-17/h5-14,18-21,24,32H,3-4,15H2,1-2H3/t18-,19-,20+,21+,24+/m1/s1. The largest absolute Gasteiger partial charge is 0.459 e. The zero-order valence-corrected chi connectivity index (χ0v) is 19.0. The molecule has 5 atom stereocenters. The maximum absolute atomic E-state index is 12.6. The zero-order chi connectivity index (χ0) is 22.9. The van der Waals surface area contributed by atoms with Crippen molar-refractivity contribution in [3.8, 4) is 0 Å². The van der Waals surface area contributed by atoms with E-state index in [4.69, 9.17) is 23.7 Å². The second-order valence-electron chi connectivity index (χ2n) is 7.11. The van der Waals surface area contributed by atoms with Crippen LogP contribution in [0.3, 0.4) is 0 Å². The van der Waals surface area contributed by atoms with Gasteiger partial charge in [0, 0.05) is 13.2 Å². The van der Waals surface area contributed by atoms with Gasteiger partial charge in [-0.25, -0.2) is 9.59 Å². The minimum atomic E-state index is -0.816. The molecule has 8 heteroatoms. The van der Waals surface area contributed by atoms with Crippen molar-refractivity contribution in [2.75, 3.05) is 19.8 Å². The molecular weight excluding hydrogens is 432 g/mol. The third kappa shape index (κ3) is 6.10. The van der Waals surface area contributed by atoms with Crippen LogP contribution in [0.15, 0.2) is 60.7 Å². The van der Waals surface area contributed by atoms with E-state index in [-0.39, 0.29) is 6.61 Å². The van der Waals surface area contributed by atoms with Gasteiger partial charge in [-0.2, -0.15) is 0 Å². The van der Waals surface area contributed by atoms with Crippen LogP contribution in [0.1, 0.15) is 34.6 Å². The van der Waals surface area contributed by atoms with Crippen LogP contribution in [0.5, 0.6) is 0 Å². The number of carbonyl (C=O) groups excluding carboxylic acids is 2. The Morgan fingerprint density at radius 1 is 0.812 bits per heavy atom. The number of carbonyl (C=O) groups is 2. The number of hydrogen-bond acceptors (Lipinski definition) is 8. The van der Waals surface area contributed by atoms with Crippen LogP contribution in [0.4, 0.5) is 0 Å². The molecule has 0 amide bonds. The van der Waals surface area contributed by atoms with Gasteiger partial charge in [0.05, 0.1) is 11.1 Å². The van der Waals surface area contributed by atoms with Gasteiger partial charge in [0.15, 0.2) is 6.10 Å². The fourth-order valence-electron chi connectivity index (χ4n) is 3.51. The molecule has 0 bridgehead atoms. The Morgan fingerprint density at radius 3 is 1.91 bits per heavy atom. The highest BCUT2D eigenvalue weighted by atomic mass is 32.1. The Kier molecular flexibility index (Phi) is 9.11. The summed E-state index contributed by atoms with van der Waals surface area (Å²) in [4.78, 5) is 25.0. The molecule has 2 aromatic rings. The van der Waals surface area contributed by atoms with Crippen molar-refractivity contribution in [2.24, 2.45) is 0 Å². The number of ether oxygens (including phenoxy) is 5. The van der Waals surface area contributed by atoms with Gasteiger partial charge in [-0.05, 0) is 38.1 Å². The monoisotopic (exact) mass is 460 g/mol. The van der Waals surface area contributed by atoms with E-state index in [9.17, 15) is 9.59 Å². The van der Waals surface area contributed by atoms with Crippen molar-refractivity contribution in [1.29, 1.82) is 0 Å². The van der Waals surface area contributed by atoms with Crippen LogP contribution in [0.2, 0.25) is 0 Å². The van der Waals surface area contributed by atoms with Crippen LogP contribution < -0.4 is 0 Å². The summed E-state index contributed by atoms with van der Waals surface area (Å²) < 4.78 is 29.0. The second kappa shape index (κ2) is 12.0. The van der Waals surface area contributed by atoms with Crippen LogP contribution in [-0.2, 0) is 23.7 Å². The van der Waals surface area contributed by atoms with Gasteiger partial charge in [-0.3, -0.25) is 0 Å². The van der Waals surface area contributed by atoms with Crippen LogP contribution in [0.25, 0.3) is 0 Å². The van der Waals surface area contributed by atoms with Crippen LogP contribution in [-0.4, -0.2) is 61.6 Å². The topological polar surface area (TPSA) is 80.3 Å². The molecule has 2 aromatic carbocycles. The van der Waals surface area contributed by atoms with Crippen molar-refractivity contribution in [1.82, 2.24) is 0 Å². The average Bonchev–Trinajstić information content (AvgIpc) is 2.82. The Labute approximate surface area is 193 Å². The number of thiol groups is 1. The second-order valence-corrected chi connectivity index (χ2v) is 7.61. The van der Waals surface area contributed by atoms with Crippen LogP contribution in [0, 0.1) is 0 Å².